The van der Waals surface area contributed by atoms with Gasteiger partial charge in [-0.05, 0) is 30.2 Å². The molecule has 1 saturated heterocycles. The van der Waals surface area contributed by atoms with Gasteiger partial charge in [0.2, 0.25) is 0 Å². The highest BCUT2D eigenvalue weighted by atomic mass is 19.4. The summed E-state index contributed by atoms with van der Waals surface area (Å²) in [5.41, 5.74) is 1.16. The quantitative estimate of drug-likeness (QED) is 0.828. The minimum Gasteiger partial charge on any atom is -0.370 e. The predicted molar refractivity (Wildman–Crippen MR) is 86.0 cm³/mol. The molecule has 7 heteroatoms. The van der Waals surface area contributed by atoms with Crippen molar-refractivity contribution in [2.24, 2.45) is 0 Å². The first kappa shape index (κ1) is 17.2. The molecule has 4 nitrogen and oxygen atoms in total. The fourth-order valence-corrected chi connectivity index (χ4v) is 2.91. The SMILES string of the molecule is Cc1ccccc1C1CN(c2nc(C(F)(F)F)ccc2C#N)CCO1. The molecule has 3 rings (SSSR count). The molecule has 0 aliphatic carbocycles. The Labute approximate surface area is 143 Å². The molecule has 2 heterocycles. The van der Waals surface area contributed by atoms with Crippen molar-refractivity contribution >= 4 is 5.82 Å². The number of halogens is 3. The van der Waals surface area contributed by atoms with E-state index in [2.05, 4.69) is 4.98 Å². The lowest BCUT2D eigenvalue weighted by atomic mass is 10.0. The van der Waals surface area contributed by atoms with Crippen molar-refractivity contribution < 1.29 is 17.9 Å². The zero-order chi connectivity index (χ0) is 18.0. The van der Waals surface area contributed by atoms with Gasteiger partial charge >= 0.3 is 6.18 Å². The number of alkyl halides is 3. The Hall–Kier alpha value is -2.59. The Kier molecular flexibility index (Phi) is 4.64. The van der Waals surface area contributed by atoms with Gasteiger partial charge in [-0.25, -0.2) is 4.98 Å². The van der Waals surface area contributed by atoms with E-state index in [9.17, 15) is 18.4 Å². The first-order valence-corrected chi connectivity index (χ1v) is 7.80. The summed E-state index contributed by atoms with van der Waals surface area (Å²) in [6, 6.07) is 11.6. The number of anilines is 1. The Morgan fingerprint density at radius 1 is 1.24 bits per heavy atom. The fourth-order valence-electron chi connectivity index (χ4n) is 2.91. The number of hydrogen-bond acceptors (Lipinski definition) is 4. The van der Waals surface area contributed by atoms with Crippen LogP contribution in [0.2, 0.25) is 0 Å². The van der Waals surface area contributed by atoms with E-state index < -0.39 is 11.9 Å². The minimum atomic E-state index is -4.55. The van der Waals surface area contributed by atoms with E-state index in [0.717, 1.165) is 17.2 Å². The lowest BCUT2D eigenvalue weighted by Crippen LogP contribution is -2.39. The number of morpholine rings is 1. The lowest BCUT2D eigenvalue weighted by molar-refractivity contribution is -0.141. The van der Waals surface area contributed by atoms with Gasteiger partial charge in [0.25, 0.3) is 0 Å². The molecular formula is C18H16F3N3O. The molecule has 0 radical (unpaired) electrons. The van der Waals surface area contributed by atoms with Crippen molar-refractivity contribution in [1.29, 1.82) is 5.26 Å². The van der Waals surface area contributed by atoms with Gasteiger partial charge in [0, 0.05) is 13.1 Å². The summed E-state index contributed by atoms with van der Waals surface area (Å²) in [7, 11) is 0. The molecule has 1 atom stereocenters. The number of aryl methyl sites for hydroxylation is 1. The standard InChI is InChI=1S/C18H16F3N3O/c1-12-4-2-3-5-14(12)15-11-24(8-9-25-15)17-13(10-22)6-7-16(23-17)18(19,20)21/h2-7,15H,8-9,11H2,1H3. The smallest absolute Gasteiger partial charge is 0.370 e. The number of hydrogen-bond donors (Lipinski definition) is 0. The summed E-state index contributed by atoms with van der Waals surface area (Å²) >= 11 is 0. The number of nitrogens with zero attached hydrogens (tertiary/aromatic N) is 3. The number of ether oxygens (including phenoxy) is 1. The van der Waals surface area contributed by atoms with Crippen molar-refractivity contribution in [2.75, 3.05) is 24.6 Å². The Balaban J connectivity index is 1.94. The van der Waals surface area contributed by atoms with Crippen LogP contribution in [0.3, 0.4) is 0 Å². The number of pyridine rings is 1. The molecule has 1 fully saturated rings. The molecule has 1 unspecified atom stereocenters. The molecular weight excluding hydrogens is 331 g/mol. The van der Waals surface area contributed by atoms with Gasteiger partial charge in [0.1, 0.15) is 23.7 Å². The Morgan fingerprint density at radius 3 is 2.68 bits per heavy atom. The van der Waals surface area contributed by atoms with Crippen LogP contribution in [0.15, 0.2) is 36.4 Å². The van der Waals surface area contributed by atoms with E-state index >= 15 is 0 Å². The van der Waals surface area contributed by atoms with E-state index in [1.165, 1.54) is 6.07 Å². The topological polar surface area (TPSA) is 49.2 Å². The largest absolute Gasteiger partial charge is 0.433 e. The van der Waals surface area contributed by atoms with Crippen molar-refractivity contribution in [2.45, 2.75) is 19.2 Å². The monoisotopic (exact) mass is 347 g/mol. The van der Waals surface area contributed by atoms with Gasteiger partial charge in [-0.2, -0.15) is 18.4 Å². The second-order valence-corrected chi connectivity index (χ2v) is 5.84. The van der Waals surface area contributed by atoms with Crippen LogP contribution in [-0.2, 0) is 10.9 Å². The third kappa shape index (κ3) is 3.59. The first-order chi connectivity index (χ1) is 11.9. The first-order valence-electron chi connectivity index (χ1n) is 7.80. The van der Waals surface area contributed by atoms with Crippen LogP contribution in [0.4, 0.5) is 19.0 Å². The molecule has 1 aromatic heterocycles. The Bertz CT molecular complexity index is 814. The second kappa shape index (κ2) is 6.73. The summed E-state index contributed by atoms with van der Waals surface area (Å²) in [4.78, 5) is 5.40. The number of rotatable bonds is 2. The van der Waals surface area contributed by atoms with Crippen molar-refractivity contribution in [3.05, 3.63) is 58.8 Å². The van der Waals surface area contributed by atoms with Gasteiger partial charge in [0.15, 0.2) is 0 Å². The predicted octanol–water partition coefficient (Wildman–Crippen LogP) is 3.86. The van der Waals surface area contributed by atoms with Crippen LogP contribution in [0, 0.1) is 18.3 Å². The number of aromatic nitrogens is 1. The summed E-state index contributed by atoms with van der Waals surface area (Å²) in [5, 5.41) is 9.24. The maximum Gasteiger partial charge on any atom is 0.433 e. The average Bonchev–Trinajstić information content (AvgIpc) is 2.61. The molecule has 0 saturated carbocycles. The highest BCUT2D eigenvalue weighted by Gasteiger charge is 2.34. The third-order valence-corrected chi connectivity index (χ3v) is 4.19. The molecule has 1 aromatic carbocycles. The molecule has 0 N–H and O–H groups in total. The van der Waals surface area contributed by atoms with Gasteiger partial charge in [-0.3, -0.25) is 0 Å². The van der Waals surface area contributed by atoms with Gasteiger partial charge in [-0.15, -0.1) is 0 Å². The van der Waals surface area contributed by atoms with Crippen LogP contribution >= 0.6 is 0 Å². The molecule has 0 spiro atoms. The second-order valence-electron chi connectivity index (χ2n) is 5.84. The number of nitriles is 1. The van der Waals surface area contributed by atoms with Crippen LogP contribution in [-0.4, -0.2) is 24.7 Å². The van der Waals surface area contributed by atoms with Crippen LogP contribution in [0.25, 0.3) is 0 Å². The van der Waals surface area contributed by atoms with Gasteiger partial charge in [0.05, 0.1) is 12.2 Å². The molecule has 1 aliphatic rings. The maximum absolute atomic E-state index is 13.0. The Morgan fingerprint density at radius 2 is 2.00 bits per heavy atom. The van der Waals surface area contributed by atoms with Gasteiger partial charge in [-0.1, -0.05) is 24.3 Å². The van der Waals surface area contributed by atoms with Crippen molar-refractivity contribution in [1.82, 2.24) is 4.98 Å². The number of benzene rings is 1. The van der Waals surface area contributed by atoms with E-state index in [0.29, 0.717) is 19.7 Å². The van der Waals surface area contributed by atoms with E-state index in [1.54, 1.807) is 4.90 Å². The molecule has 0 amide bonds. The van der Waals surface area contributed by atoms with E-state index in [1.807, 2.05) is 37.3 Å². The zero-order valence-electron chi connectivity index (χ0n) is 13.5. The minimum absolute atomic E-state index is 0.0548. The summed E-state index contributed by atoms with van der Waals surface area (Å²) < 4.78 is 44.7. The maximum atomic E-state index is 13.0. The molecule has 25 heavy (non-hydrogen) atoms. The third-order valence-electron chi connectivity index (χ3n) is 4.19. The summed E-state index contributed by atoms with van der Waals surface area (Å²) in [5.74, 6) is 0.0548. The lowest BCUT2D eigenvalue weighted by Gasteiger charge is -2.35. The van der Waals surface area contributed by atoms with Crippen molar-refractivity contribution in [3.63, 3.8) is 0 Å². The van der Waals surface area contributed by atoms with Crippen LogP contribution < -0.4 is 4.90 Å². The fraction of sp³-hybridized carbons (Fsp3) is 0.333. The molecule has 1 aliphatic heterocycles. The normalized spacial score (nSPS) is 18.0. The van der Waals surface area contributed by atoms with Crippen LogP contribution in [0.5, 0.6) is 0 Å². The van der Waals surface area contributed by atoms with E-state index in [4.69, 9.17) is 4.74 Å². The summed E-state index contributed by atoms with van der Waals surface area (Å²) in [6.45, 7) is 3.03. The highest BCUT2D eigenvalue weighted by Crippen LogP contribution is 2.32. The molecule has 130 valence electrons. The average molecular weight is 347 g/mol. The summed E-state index contributed by atoms with van der Waals surface area (Å²) in [6.07, 6.45) is -4.83. The van der Waals surface area contributed by atoms with Crippen molar-refractivity contribution in [3.8, 4) is 6.07 Å². The van der Waals surface area contributed by atoms with Gasteiger partial charge < -0.3 is 9.64 Å². The molecule has 0 bridgehead atoms. The van der Waals surface area contributed by atoms with Crippen LogP contribution in [0.1, 0.15) is 28.5 Å². The molecule has 2 aromatic rings. The van der Waals surface area contributed by atoms with E-state index in [-0.39, 0.29) is 17.5 Å². The highest BCUT2D eigenvalue weighted by molar-refractivity contribution is 5.55. The zero-order valence-corrected chi connectivity index (χ0v) is 13.5.